The molecule has 1 unspecified atom stereocenters. The van der Waals surface area contributed by atoms with Crippen molar-refractivity contribution in [1.82, 2.24) is 19.7 Å². The molecule has 0 saturated carbocycles. The van der Waals surface area contributed by atoms with E-state index in [0.717, 1.165) is 0 Å². The van der Waals surface area contributed by atoms with Crippen molar-refractivity contribution in [3.8, 4) is 17.1 Å². The first-order valence-corrected chi connectivity index (χ1v) is 10.6. The zero-order chi connectivity index (χ0) is 24.5. The lowest BCUT2D eigenvalue weighted by atomic mass is 9.95. The van der Waals surface area contributed by atoms with Crippen molar-refractivity contribution >= 4 is 23.2 Å². The molecule has 1 aliphatic heterocycles. The number of allylic oxidation sites excluding steroid dienone is 1. The lowest BCUT2D eigenvalue weighted by Gasteiger charge is -2.28. The minimum atomic E-state index is -0.727. The van der Waals surface area contributed by atoms with E-state index in [9.17, 15) is 20.0 Å². The number of nitro groups is 1. The molecule has 2 aromatic heterocycles. The van der Waals surface area contributed by atoms with Gasteiger partial charge in [-0.1, -0.05) is 24.3 Å². The fourth-order valence-corrected chi connectivity index (χ4v) is 3.96. The maximum Gasteiger partial charge on any atom is 0.270 e. The summed E-state index contributed by atoms with van der Waals surface area (Å²) in [5.41, 5.74) is 2.41. The Morgan fingerprint density at radius 3 is 2.74 bits per heavy atom. The fraction of sp³-hybridized carbons (Fsp3) is 0.0833. The van der Waals surface area contributed by atoms with Crippen LogP contribution in [0.25, 0.3) is 11.4 Å². The number of aromatic nitrogens is 4. The van der Waals surface area contributed by atoms with E-state index in [1.165, 1.54) is 29.1 Å². The van der Waals surface area contributed by atoms with Crippen LogP contribution in [0, 0.1) is 10.1 Å². The molecule has 11 nitrogen and oxygen atoms in total. The van der Waals surface area contributed by atoms with E-state index < -0.39 is 11.0 Å². The monoisotopic (exact) mass is 469 g/mol. The highest BCUT2D eigenvalue weighted by Gasteiger charge is 2.34. The van der Waals surface area contributed by atoms with Gasteiger partial charge in [0.25, 0.3) is 11.6 Å². The van der Waals surface area contributed by atoms with E-state index in [1.807, 2.05) is 0 Å². The molecule has 0 aliphatic carbocycles. The van der Waals surface area contributed by atoms with Gasteiger partial charge in [0.15, 0.2) is 5.82 Å². The topological polar surface area (TPSA) is 148 Å². The Balaban J connectivity index is 1.61. The number of hydrogen-bond acceptors (Lipinski definition) is 8. The number of benzene rings is 2. The van der Waals surface area contributed by atoms with E-state index in [2.05, 4.69) is 25.7 Å². The van der Waals surface area contributed by atoms with Gasteiger partial charge >= 0.3 is 0 Å². The number of anilines is 2. The van der Waals surface area contributed by atoms with Gasteiger partial charge in [-0.15, -0.1) is 5.10 Å². The number of rotatable bonds is 5. The number of fused-ring (bicyclic) bond motifs is 1. The van der Waals surface area contributed by atoms with Crippen LogP contribution in [-0.4, -0.2) is 35.7 Å². The summed E-state index contributed by atoms with van der Waals surface area (Å²) in [5.74, 6) is 0.263. The van der Waals surface area contributed by atoms with Crippen LogP contribution in [0.15, 0.2) is 84.3 Å². The Hall–Kier alpha value is -5.06. The molecule has 5 rings (SSSR count). The van der Waals surface area contributed by atoms with Crippen molar-refractivity contribution in [2.45, 2.75) is 13.0 Å². The summed E-state index contributed by atoms with van der Waals surface area (Å²) in [5, 5.41) is 31.9. The Kier molecular flexibility index (Phi) is 5.41. The number of carbonyl (C=O) groups excluding carboxylic acids is 1. The number of aromatic hydroxyl groups is 1. The highest BCUT2D eigenvalue weighted by molar-refractivity contribution is 6.06. The summed E-state index contributed by atoms with van der Waals surface area (Å²) in [7, 11) is 0. The van der Waals surface area contributed by atoms with Crippen LogP contribution in [0.4, 0.5) is 17.3 Å². The van der Waals surface area contributed by atoms with Gasteiger partial charge in [0.05, 0.1) is 22.4 Å². The summed E-state index contributed by atoms with van der Waals surface area (Å²) < 4.78 is 1.54. The molecule has 0 bridgehead atoms. The molecule has 2 aromatic carbocycles. The molecule has 0 saturated heterocycles. The van der Waals surface area contributed by atoms with E-state index >= 15 is 0 Å². The third-order valence-corrected chi connectivity index (χ3v) is 5.52. The normalized spacial score (nSPS) is 14.7. The number of nitrogens with one attached hydrogen (secondary N) is 2. The summed E-state index contributed by atoms with van der Waals surface area (Å²) in [6.45, 7) is 1.75. The quantitative estimate of drug-likeness (QED) is 0.295. The first kappa shape index (κ1) is 21.8. The van der Waals surface area contributed by atoms with Crippen molar-refractivity contribution in [2.24, 2.45) is 0 Å². The number of carbonyl (C=O) groups is 1. The number of hydrogen-bond donors (Lipinski definition) is 3. The van der Waals surface area contributed by atoms with Crippen LogP contribution in [0.5, 0.6) is 5.75 Å². The van der Waals surface area contributed by atoms with Gasteiger partial charge in [0, 0.05) is 29.6 Å². The number of nitrogens with zero attached hydrogens (tertiary/aromatic N) is 5. The van der Waals surface area contributed by atoms with Crippen LogP contribution in [0.2, 0.25) is 0 Å². The molecule has 3 heterocycles. The van der Waals surface area contributed by atoms with Crippen molar-refractivity contribution in [1.29, 1.82) is 0 Å². The number of phenols is 1. The van der Waals surface area contributed by atoms with E-state index in [0.29, 0.717) is 34.0 Å². The van der Waals surface area contributed by atoms with Crippen LogP contribution >= 0.6 is 0 Å². The SMILES string of the molecule is CC1=C(C(=O)Nc2cccnc2)C(c2cccc(O)c2)n2nc(-c3cccc([N+](=O)[O-])c3)nc2N1. The zero-order valence-electron chi connectivity index (χ0n) is 18.4. The Morgan fingerprint density at radius 2 is 2.00 bits per heavy atom. The Morgan fingerprint density at radius 1 is 1.17 bits per heavy atom. The van der Waals surface area contributed by atoms with E-state index in [1.54, 1.807) is 55.6 Å². The molecular weight excluding hydrogens is 450 g/mol. The minimum absolute atomic E-state index is 0.0336. The van der Waals surface area contributed by atoms with Crippen molar-refractivity contribution in [3.63, 3.8) is 0 Å². The molecule has 1 aliphatic rings. The molecule has 3 N–H and O–H groups in total. The minimum Gasteiger partial charge on any atom is -0.508 e. The largest absolute Gasteiger partial charge is 0.508 e. The average molecular weight is 469 g/mol. The average Bonchev–Trinajstić information content (AvgIpc) is 3.27. The predicted molar refractivity (Wildman–Crippen MR) is 128 cm³/mol. The van der Waals surface area contributed by atoms with Crippen LogP contribution in [-0.2, 0) is 4.79 Å². The van der Waals surface area contributed by atoms with Gasteiger partial charge in [-0.3, -0.25) is 19.9 Å². The molecule has 11 heteroatoms. The molecule has 0 radical (unpaired) electrons. The molecule has 1 amide bonds. The second-order valence-corrected chi connectivity index (χ2v) is 7.87. The number of pyridine rings is 1. The van der Waals surface area contributed by atoms with Gasteiger partial charge in [0.1, 0.15) is 11.8 Å². The second-order valence-electron chi connectivity index (χ2n) is 7.87. The van der Waals surface area contributed by atoms with Crippen molar-refractivity contribution in [3.05, 3.63) is 100 Å². The highest BCUT2D eigenvalue weighted by atomic mass is 16.6. The molecule has 4 aromatic rings. The molecular formula is C24H19N7O4. The van der Waals surface area contributed by atoms with E-state index in [-0.39, 0.29) is 23.2 Å². The van der Waals surface area contributed by atoms with Crippen molar-refractivity contribution < 1.29 is 14.8 Å². The summed E-state index contributed by atoms with van der Waals surface area (Å²) in [4.78, 5) is 32.7. The predicted octanol–water partition coefficient (Wildman–Crippen LogP) is 3.88. The molecule has 174 valence electrons. The molecule has 0 spiro atoms. The maximum atomic E-state index is 13.4. The molecule has 35 heavy (non-hydrogen) atoms. The number of amides is 1. The van der Waals surface area contributed by atoms with Gasteiger partial charge in [-0.2, -0.15) is 4.98 Å². The zero-order valence-corrected chi connectivity index (χ0v) is 18.4. The molecule has 0 fully saturated rings. The first-order chi connectivity index (χ1) is 16.9. The number of non-ortho nitro benzene ring substituents is 1. The lowest BCUT2D eigenvalue weighted by Crippen LogP contribution is -2.31. The van der Waals surface area contributed by atoms with Crippen molar-refractivity contribution in [2.75, 3.05) is 10.6 Å². The Bertz CT molecular complexity index is 1480. The fourth-order valence-electron chi connectivity index (χ4n) is 3.96. The van der Waals surface area contributed by atoms with Crippen LogP contribution < -0.4 is 10.6 Å². The number of phenolic OH excluding ortho intramolecular Hbond substituents is 1. The second kappa shape index (κ2) is 8.71. The summed E-state index contributed by atoms with van der Waals surface area (Å²) in [6.07, 6.45) is 3.14. The number of nitro benzene ring substituents is 1. The maximum absolute atomic E-state index is 13.4. The Labute approximate surface area is 198 Å². The third-order valence-electron chi connectivity index (χ3n) is 5.52. The third kappa shape index (κ3) is 4.17. The van der Waals surface area contributed by atoms with Crippen LogP contribution in [0.1, 0.15) is 18.5 Å². The first-order valence-electron chi connectivity index (χ1n) is 10.6. The van der Waals surface area contributed by atoms with Gasteiger partial charge in [-0.25, -0.2) is 4.68 Å². The standard InChI is InChI=1S/C24H19N7O4/c1-14-20(23(33)27-17-7-4-10-25-13-17)21(15-5-3-9-19(32)12-15)30-24(26-14)28-22(29-30)16-6-2-8-18(11-16)31(34)35/h2-13,21,32H,1H3,(H,27,33)(H,26,28,29). The van der Waals surface area contributed by atoms with Gasteiger partial charge in [0.2, 0.25) is 5.95 Å². The summed E-state index contributed by atoms with van der Waals surface area (Å²) >= 11 is 0. The smallest absolute Gasteiger partial charge is 0.270 e. The van der Waals surface area contributed by atoms with Gasteiger partial charge in [-0.05, 0) is 36.8 Å². The highest BCUT2D eigenvalue weighted by Crippen LogP contribution is 2.37. The van der Waals surface area contributed by atoms with E-state index in [4.69, 9.17) is 0 Å². The lowest BCUT2D eigenvalue weighted by molar-refractivity contribution is -0.384. The van der Waals surface area contributed by atoms with Gasteiger partial charge < -0.3 is 15.7 Å². The molecule has 1 atom stereocenters. The summed E-state index contributed by atoms with van der Waals surface area (Å²) in [6, 6.07) is 15.3. The van der Waals surface area contributed by atoms with Crippen LogP contribution in [0.3, 0.4) is 0 Å².